The summed E-state index contributed by atoms with van der Waals surface area (Å²) in [6, 6.07) is 21.8. The zero-order valence-electron chi connectivity index (χ0n) is 25.5. The maximum absolute atomic E-state index is 14.3. The minimum Gasteiger partial charge on any atom is -0.371 e. The van der Waals surface area contributed by atoms with Gasteiger partial charge < -0.3 is 9.80 Å². The summed E-state index contributed by atoms with van der Waals surface area (Å²) >= 11 is 7.61. The summed E-state index contributed by atoms with van der Waals surface area (Å²) in [6.45, 7) is 5.41. The number of hydrogen-bond acceptors (Lipinski definition) is 7. The number of unbranched alkanes of at least 4 members (excludes halogenated alkanes) is 1. The normalized spacial score (nSPS) is 19.1. The van der Waals surface area contributed by atoms with Crippen molar-refractivity contribution in [3.05, 3.63) is 88.2 Å². The molecule has 2 aliphatic heterocycles. The van der Waals surface area contributed by atoms with E-state index in [1.54, 1.807) is 24.3 Å². The van der Waals surface area contributed by atoms with E-state index in [0.29, 0.717) is 35.4 Å². The molecule has 4 aromatic rings. The summed E-state index contributed by atoms with van der Waals surface area (Å²) in [4.78, 5) is 37.6. The number of carbonyl (C=O) groups excluding carboxylic acids is 1. The van der Waals surface area contributed by atoms with Crippen molar-refractivity contribution in [1.29, 1.82) is 0 Å². The third-order valence-corrected chi connectivity index (χ3v) is 11.5. The standard InChI is InChI=1S/C34H37ClN4O4S2/c1-3-4-13-30(32(41)38-19-17-34(23-38)16-18-37(22-34)25-10-6-5-7-11-25)44-33-36-29-21-27(45(2,42)43)14-15-28(29)31(40)39(33)26-12-8-9-24(35)20-26/h5-12,14-15,20-21,30H,3-4,13,16-19,22-23H2,1-2H3. The van der Waals surface area contributed by atoms with Gasteiger partial charge in [-0.15, -0.1) is 0 Å². The number of anilines is 1. The highest BCUT2D eigenvalue weighted by Gasteiger charge is 2.46. The van der Waals surface area contributed by atoms with Gasteiger partial charge in [0.05, 0.1) is 26.7 Å². The molecule has 2 saturated heterocycles. The summed E-state index contributed by atoms with van der Waals surface area (Å²) in [6.07, 6.45) is 5.53. The SMILES string of the molecule is CCCCC(Sc1nc2cc(S(C)(=O)=O)ccc2c(=O)n1-c1cccc(Cl)c1)C(=O)N1CCC2(CCN(c3ccccc3)C2)C1. The molecule has 1 aromatic heterocycles. The van der Waals surface area contributed by atoms with Crippen LogP contribution in [0.2, 0.25) is 5.02 Å². The Labute approximate surface area is 273 Å². The van der Waals surface area contributed by atoms with E-state index in [0.717, 1.165) is 45.0 Å². The monoisotopic (exact) mass is 664 g/mol. The van der Waals surface area contributed by atoms with Crippen LogP contribution < -0.4 is 10.5 Å². The molecule has 0 saturated carbocycles. The predicted molar refractivity (Wildman–Crippen MR) is 182 cm³/mol. The van der Waals surface area contributed by atoms with Crippen LogP contribution in [0.15, 0.2) is 87.6 Å². The number of likely N-dealkylation sites (tertiary alicyclic amines) is 1. The molecule has 8 nitrogen and oxygen atoms in total. The fourth-order valence-corrected chi connectivity index (χ4v) is 8.56. The first-order valence-corrected chi connectivity index (χ1v) is 18.5. The van der Waals surface area contributed by atoms with E-state index in [9.17, 15) is 18.0 Å². The van der Waals surface area contributed by atoms with Gasteiger partial charge in [-0.05, 0) is 67.8 Å². The van der Waals surface area contributed by atoms with Crippen molar-refractivity contribution < 1.29 is 13.2 Å². The van der Waals surface area contributed by atoms with E-state index in [4.69, 9.17) is 16.6 Å². The maximum Gasteiger partial charge on any atom is 0.266 e. The van der Waals surface area contributed by atoms with E-state index < -0.39 is 15.1 Å². The van der Waals surface area contributed by atoms with Crippen LogP contribution in [0, 0.1) is 5.41 Å². The van der Waals surface area contributed by atoms with E-state index in [1.165, 1.54) is 40.2 Å². The van der Waals surface area contributed by atoms with Gasteiger partial charge in [-0.3, -0.25) is 14.2 Å². The largest absolute Gasteiger partial charge is 0.371 e. The molecule has 2 aliphatic rings. The van der Waals surface area contributed by atoms with Gasteiger partial charge in [-0.2, -0.15) is 0 Å². The number of thioether (sulfide) groups is 1. The van der Waals surface area contributed by atoms with E-state index >= 15 is 0 Å². The lowest BCUT2D eigenvalue weighted by Crippen LogP contribution is -2.39. The molecule has 45 heavy (non-hydrogen) atoms. The smallest absolute Gasteiger partial charge is 0.266 e. The second kappa shape index (κ2) is 12.8. The summed E-state index contributed by atoms with van der Waals surface area (Å²) in [5.41, 5.74) is 1.75. The number of rotatable bonds is 9. The molecule has 3 aromatic carbocycles. The van der Waals surface area contributed by atoms with E-state index in [-0.39, 0.29) is 32.7 Å². The fraction of sp³-hybridized carbons (Fsp3) is 0.382. The summed E-state index contributed by atoms with van der Waals surface area (Å²) in [7, 11) is -3.52. The van der Waals surface area contributed by atoms with Crippen LogP contribution in [0.3, 0.4) is 0 Å². The summed E-state index contributed by atoms with van der Waals surface area (Å²) in [5, 5.41) is 0.623. The average molecular weight is 665 g/mol. The zero-order chi connectivity index (χ0) is 31.8. The Kier molecular flexibility index (Phi) is 9.00. The first kappa shape index (κ1) is 31.6. The van der Waals surface area contributed by atoms with Crippen molar-refractivity contribution in [1.82, 2.24) is 14.5 Å². The Morgan fingerprint density at radius 1 is 1.00 bits per heavy atom. The molecule has 236 valence electrons. The molecule has 3 heterocycles. The fourth-order valence-electron chi connectivity index (χ4n) is 6.50. The highest BCUT2D eigenvalue weighted by atomic mass is 35.5. The number of fused-ring (bicyclic) bond motifs is 1. The lowest BCUT2D eigenvalue weighted by molar-refractivity contribution is -0.130. The molecule has 11 heteroatoms. The summed E-state index contributed by atoms with van der Waals surface area (Å²) in [5.74, 6) is 0.0559. The molecule has 0 bridgehead atoms. The number of nitrogens with zero attached hydrogens (tertiary/aromatic N) is 4. The van der Waals surface area contributed by atoms with Gasteiger partial charge in [0.1, 0.15) is 0 Å². The Morgan fingerprint density at radius 3 is 2.49 bits per heavy atom. The van der Waals surface area contributed by atoms with Crippen molar-refractivity contribution in [2.75, 3.05) is 37.3 Å². The molecule has 6 rings (SSSR count). The number of benzene rings is 3. The zero-order valence-corrected chi connectivity index (χ0v) is 27.9. The van der Waals surface area contributed by atoms with E-state index in [2.05, 4.69) is 36.1 Å². The number of aromatic nitrogens is 2. The first-order chi connectivity index (χ1) is 21.6. The average Bonchev–Trinajstić information content (AvgIpc) is 3.65. The van der Waals surface area contributed by atoms with Gasteiger partial charge in [-0.25, -0.2) is 13.4 Å². The molecule has 2 atom stereocenters. The van der Waals surface area contributed by atoms with Crippen molar-refractivity contribution in [3.8, 4) is 5.69 Å². The Bertz CT molecular complexity index is 1900. The predicted octanol–water partition coefficient (Wildman–Crippen LogP) is 6.22. The first-order valence-electron chi connectivity index (χ1n) is 15.4. The highest BCUT2D eigenvalue weighted by Crippen LogP contribution is 2.42. The number of amides is 1. The molecule has 0 aliphatic carbocycles. The van der Waals surface area contributed by atoms with Gasteiger partial charge in [0.2, 0.25) is 5.91 Å². The minimum absolute atomic E-state index is 0.0559. The van der Waals surface area contributed by atoms with Crippen molar-refractivity contribution in [2.45, 2.75) is 54.3 Å². The third kappa shape index (κ3) is 6.64. The molecule has 1 spiro atoms. The van der Waals surface area contributed by atoms with Crippen molar-refractivity contribution in [3.63, 3.8) is 0 Å². The number of carbonyl (C=O) groups is 1. The van der Waals surface area contributed by atoms with Crippen LogP contribution in [-0.4, -0.2) is 66.5 Å². The number of hydrogen-bond donors (Lipinski definition) is 0. The minimum atomic E-state index is -3.52. The van der Waals surface area contributed by atoms with Crippen LogP contribution in [0.1, 0.15) is 39.0 Å². The highest BCUT2D eigenvalue weighted by molar-refractivity contribution is 8.00. The van der Waals surface area contributed by atoms with Crippen molar-refractivity contribution in [2.24, 2.45) is 5.41 Å². The van der Waals surface area contributed by atoms with E-state index in [1.807, 2.05) is 11.0 Å². The second-order valence-corrected chi connectivity index (χ2v) is 15.9. The van der Waals surface area contributed by atoms with Crippen LogP contribution in [-0.2, 0) is 14.6 Å². The van der Waals surface area contributed by atoms with Crippen LogP contribution in [0.4, 0.5) is 5.69 Å². The Balaban J connectivity index is 1.34. The Morgan fingerprint density at radius 2 is 1.76 bits per heavy atom. The molecule has 2 fully saturated rings. The third-order valence-electron chi connectivity index (χ3n) is 8.96. The van der Waals surface area contributed by atoms with Crippen LogP contribution >= 0.6 is 23.4 Å². The lowest BCUT2D eigenvalue weighted by Gasteiger charge is -2.27. The van der Waals surface area contributed by atoms with Gasteiger partial charge in [0, 0.05) is 48.6 Å². The summed E-state index contributed by atoms with van der Waals surface area (Å²) < 4.78 is 26.1. The van der Waals surface area contributed by atoms with Gasteiger partial charge in [-0.1, -0.05) is 67.4 Å². The number of halogens is 1. The molecule has 2 unspecified atom stereocenters. The molecular formula is C34H37ClN4O4S2. The quantitative estimate of drug-likeness (QED) is 0.155. The maximum atomic E-state index is 14.3. The van der Waals surface area contributed by atoms with Crippen molar-refractivity contribution >= 4 is 55.7 Å². The van der Waals surface area contributed by atoms with Gasteiger partial charge in [0.15, 0.2) is 15.0 Å². The lowest BCUT2D eigenvalue weighted by atomic mass is 9.86. The molecule has 0 radical (unpaired) electrons. The topological polar surface area (TPSA) is 92.6 Å². The second-order valence-electron chi connectivity index (χ2n) is 12.2. The molecule has 0 N–H and O–H groups in total. The number of sulfone groups is 1. The van der Waals surface area contributed by atoms with Gasteiger partial charge in [0.25, 0.3) is 5.56 Å². The van der Waals surface area contributed by atoms with Crippen LogP contribution in [0.25, 0.3) is 16.6 Å². The molecular weight excluding hydrogens is 628 g/mol. The molecule has 1 amide bonds. The van der Waals surface area contributed by atoms with Crippen LogP contribution in [0.5, 0.6) is 0 Å². The Hall–Kier alpha value is -3.34. The number of para-hydroxylation sites is 1. The van der Waals surface area contributed by atoms with Gasteiger partial charge >= 0.3 is 0 Å².